The first-order valence-corrected chi connectivity index (χ1v) is 10.5. The fraction of sp³-hybridized carbons (Fsp3) is 0.167. The molecule has 152 valence electrons. The number of rotatable bonds is 4. The van der Waals surface area contributed by atoms with Crippen LogP contribution in [-0.2, 0) is 11.3 Å². The lowest BCUT2D eigenvalue weighted by Crippen LogP contribution is -2.50. The summed E-state index contributed by atoms with van der Waals surface area (Å²) in [4.78, 5) is 29.3. The number of nitrogens with zero attached hydrogens (tertiary/aromatic N) is 2. The normalized spacial score (nSPS) is 15.7. The lowest BCUT2D eigenvalue weighted by molar-refractivity contribution is -0.119. The molecule has 1 N–H and O–H groups in total. The number of benzene rings is 3. The fourth-order valence-electron chi connectivity index (χ4n) is 3.70. The standard InChI is InChI=1S/C24H22BrN3O2/c1-16-24(30)27(2)21-12-11-18(23(29)26-20-9-4-3-5-10-20)14-22(21)28(16)15-17-7-6-8-19(25)13-17/h3-14,16H,15H2,1-2H3,(H,26,29). The number of amides is 2. The van der Waals surface area contributed by atoms with E-state index in [1.165, 1.54) is 0 Å². The first-order valence-electron chi connectivity index (χ1n) is 9.73. The van der Waals surface area contributed by atoms with Crippen molar-refractivity contribution in [3.05, 3.63) is 88.4 Å². The molecule has 0 saturated heterocycles. The van der Waals surface area contributed by atoms with Crippen LogP contribution in [0.4, 0.5) is 17.1 Å². The summed E-state index contributed by atoms with van der Waals surface area (Å²) >= 11 is 3.51. The molecule has 2 amide bonds. The Balaban J connectivity index is 1.69. The third-order valence-electron chi connectivity index (χ3n) is 5.34. The lowest BCUT2D eigenvalue weighted by atomic mass is 10.0. The van der Waals surface area contributed by atoms with E-state index < -0.39 is 0 Å². The number of hydrogen-bond donors (Lipinski definition) is 1. The van der Waals surface area contributed by atoms with Gasteiger partial charge in [-0.05, 0) is 55.0 Å². The van der Waals surface area contributed by atoms with Crippen LogP contribution in [0.5, 0.6) is 0 Å². The second-order valence-electron chi connectivity index (χ2n) is 7.35. The van der Waals surface area contributed by atoms with Crippen molar-refractivity contribution in [1.29, 1.82) is 0 Å². The van der Waals surface area contributed by atoms with Gasteiger partial charge in [-0.25, -0.2) is 0 Å². The highest BCUT2D eigenvalue weighted by atomic mass is 79.9. The number of carbonyl (C=O) groups excluding carboxylic acids is 2. The zero-order valence-electron chi connectivity index (χ0n) is 16.8. The molecule has 3 aromatic carbocycles. The minimum absolute atomic E-state index is 0.0268. The van der Waals surface area contributed by atoms with E-state index in [9.17, 15) is 9.59 Å². The van der Waals surface area contributed by atoms with Gasteiger partial charge in [0, 0.05) is 29.3 Å². The number of anilines is 3. The first-order chi connectivity index (χ1) is 14.4. The van der Waals surface area contributed by atoms with E-state index in [1.54, 1.807) is 18.0 Å². The van der Waals surface area contributed by atoms with Gasteiger partial charge in [-0.1, -0.05) is 46.3 Å². The largest absolute Gasteiger partial charge is 0.354 e. The second-order valence-corrected chi connectivity index (χ2v) is 8.27. The van der Waals surface area contributed by atoms with Crippen LogP contribution in [0.3, 0.4) is 0 Å². The number of fused-ring (bicyclic) bond motifs is 1. The molecule has 4 rings (SSSR count). The second kappa shape index (κ2) is 8.32. The van der Waals surface area contributed by atoms with Gasteiger partial charge in [0.1, 0.15) is 6.04 Å². The highest BCUT2D eigenvalue weighted by Gasteiger charge is 2.34. The third-order valence-corrected chi connectivity index (χ3v) is 5.83. The van der Waals surface area contributed by atoms with E-state index in [4.69, 9.17) is 0 Å². The number of para-hydroxylation sites is 1. The number of nitrogens with one attached hydrogen (secondary N) is 1. The first kappa shape index (κ1) is 20.2. The molecule has 1 aliphatic rings. The molecule has 30 heavy (non-hydrogen) atoms. The number of likely N-dealkylation sites (N-methyl/N-ethyl adjacent to an activating group) is 1. The molecule has 1 heterocycles. The Hall–Kier alpha value is -3.12. The molecule has 0 saturated carbocycles. The summed E-state index contributed by atoms with van der Waals surface area (Å²) in [6.07, 6.45) is 0. The van der Waals surface area contributed by atoms with Gasteiger partial charge >= 0.3 is 0 Å². The zero-order chi connectivity index (χ0) is 21.3. The monoisotopic (exact) mass is 463 g/mol. The summed E-state index contributed by atoms with van der Waals surface area (Å²) < 4.78 is 0.990. The summed E-state index contributed by atoms with van der Waals surface area (Å²) in [6, 6.07) is 22.5. The molecule has 0 bridgehead atoms. The van der Waals surface area contributed by atoms with Gasteiger partial charge in [0.05, 0.1) is 11.4 Å². The van der Waals surface area contributed by atoms with Gasteiger partial charge in [0.15, 0.2) is 0 Å². The average Bonchev–Trinajstić information content (AvgIpc) is 2.75. The predicted octanol–water partition coefficient (Wildman–Crippen LogP) is 5.07. The SMILES string of the molecule is CC1C(=O)N(C)c2ccc(C(=O)Nc3ccccc3)cc2N1Cc1cccc(Br)c1. The van der Waals surface area contributed by atoms with Crippen LogP contribution in [0.2, 0.25) is 0 Å². The van der Waals surface area contributed by atoms with Crippen LogP contribution in [0.1, 0.15) is 22.8 Å². The smallest absolute Gasteiger partial charge is 0.255 e. The molecule has 1 atom stereocenters. The molecule has 0 fully saturated rings. The molecule has 0 aromatic heterocycles. The Morgan fingerprint density at radius 2 is 1.77 bits per heavy atom. The maximum absolute atomic E-state index is 12.8. The van der Waals surface area contributed by atoms with Gasteiger partial charge < -0.3 is 15.1 Å². The van der Waals surface area contributed by atoms with Crippen molar-refractivity contribution in [3.63, 3.8) is 0 Å². The highest BCUT2D eigenvalue weighted by molar-refractivity contribution is 9.10. The minimum Gasteiger partial charge on any atom is -0.354 e. The molecule has 1 aliphatic heterocycles. The molecule has 6 heteroatoms. The van der Waals surface area contributed by atoms with E-state index >= 15 is 0 Å². The molecular formula is C24H22BrN3O2. The summed E-state index contributed by atoms with van der Waals surface area (Å²) in [5.41, 5.74) is 4.03. The van der Waals surface area contributed by atoms with Crippen LogP contribution in [0, 0.1) is 0 Å². The molecule has 0 spiro atoms. The molecule has 3 aromatic rings. The maximum Gasteiger partial charge on any atom is 0.255 e. The number of halogens is 1. The van der Waals surface area contributed by atoms with Gasteiger partial charge in [0.2, 0.25) is 5.91 Å². The molecule has 5 nitrogen and oxygen atoms in total. The Bertz CT molecular complexity index is 1100. The van der Waals surface area contributed by atoms with Crippen molar-refractivity contribution in [1.82, 2.24) is 0 Å². The van der Waals surface area contributed by atoms with Crippen molar-refractivity contribution in [3.8, 4) is 0 Å². The van der Waals surface area contributed by atoms with Crippen molar-refractivity contribution in [2.24, 2.45) is 0 Å². The zero-order valence-corrected chi connectivity index (χ0v) is 18.4. The molecule has 0 aliphatic carbocycles. The van der Waals surface area contributed by atoms with Gasteiger partial charge in [-0.3, -0.25) is 9.59 Å². The van der Waals surface area contributed by atoms with E-state index in [0.717, 1.165) is 27.1 Å². The van der Waals surface area contributed by atoms with Gasteiger partial charge in [-0.15, -0.1) is 0 Å². The average molecular weight is 464 g/mol. The van der Waals surface area contributed by atoms with Crippen LogP contribution in [0.25, 0.3) is 0 Å². The Morgan fingerprint density at radius 1 is 1.00 bits per heavy atom. The Morgan fingerprint density at radius 3 is 2.50 bits per heavy atom. The number of hydrogen-bond acceptors (Lipinski definition) is 3. The van der Waals surface area contributed by atoms with Crippen molar-refractivity contribution >= 4 is 44.8 Å². The van der Waals surface area contributed by atoms with Crippen molar-refractivity contribution in [2.75, 3.05) is 22.2 Å². The minimum atomic E-state index is -0.339. The maximum atomic E-state index is 12.8. The van der Waals surface area contributed by atoms with E-state index in [1.807, 2.05) is 73.7 Å². The Labute approximate surface area is 184 Å². The highest BCUT2D eigenvalue weighted by Crippen LogP contribution is 2.37. The van der Waals surface area contributed by atoms with Crippen LogP contribution in [-0.4, -0.2) is 24.9 Å². The number of carbonyl (C=O) groups is 2. The van der Waals surface area contributed by atoms with Crippen molar-refractivity contribution < 1.29 is 9.59 Å². The summed E-state index contributed by atoms with van der Waals surface area (Å²) in [7, 11) is 1.78. The fourth-order valence-corrected chi connectivity index (χ4v) is 4.14. The van der Waals surface area contributed by atoms with Gasteiger partial charge in [-0.2, -0.15) is 0 Å². The molecule has 1 unspecified atom stereocenters. The predicted molar refractivity (Wildman–Crippen MR) is 124 cm³/mol. The summed E-state index contributed by atoms with van der Waals surface area (Å²) in [6.45, 7) is 2.47. The lowest BCUT2D eigenvalue weighted by Gasteiger charge is -2.40. The van der Waals surface area contributed by atoms with Crippen molar-refractivity contribution in [2.45, 2.75) is 19.5 Å². The summed E-state index contributed by atoms with van der Waals surface area (Å²) in [5.74, 6) is -0.155. The summed E-state index contributed by atoms with van der Waals surface area (Å²) in [5, 5.41) is 2.92. The Kier molecular flexibility index (Phi) is 5.59. The van der Waals surface area contributed by atoms with Crippen LogP contribution in [0.15, 0.2) is 77.3 Å². The van der Waals surface area contributed by atoms with E-state index in [0.29, 0.717) is 12.1 Å². The topological polar surface area (TPSA) is 52.7 Å². The van der Waals surface area contributed by atoms with Crippen LogP contribution >= 0.6 is 15.9 Å². The van der Waals surface area contributed by atoms with Gasteiger partial charge in [0.25, 0.3) is 5.91 Å². The molecular weight excluding hydrogens is 442 g/mol. The quantitative estimate of drug-likeness (QED) is 0.587. The van der Waals surface area contributed by atoms with E-state index in [2.05, 4.69) is 26.1 Å². The van der Waals surface area contributed by atoms with Crippen LogP contribution < -0.4 is 15.1 Å². The molecule has 0 radical (unpaired) electrons. The van der Waals surface area contributed by atoms with E-state index in [-0.39, 0.29) is 17.9 Å². The third kappa shape index (κ3) is 3.96.